The van der Waals surface area contributed by atoms with Crippen molar-refractivity contribution in [3.63, 3.8) is 0 Å². The second kappa shape index (κ2) is 13.4. The molecule has 1 aromatic heterocycles. The van der Waals surface area contributed by atoms with Crippen LogP contribution in [0.5, 0.6) is 11.8 Å². The number of carboxylic acid groups (broad SMARTS) is 1. The van der Waals surface area contributed by atoms with Gasteiger partial charge >= 0.3 is 5.97 Å². The Morgan fingerprint density at radius 2 is 1.19 bits per heavy atom. The summed E-state index contributed by atoms with van der Waals surface area (Å²) in [6.45, 7) is 0. The van der Waals surface area contributed by atoms with Crippen LogP contribution in [-0.2, 0) is 11.2 Å². The number of carbonyl (C=O) groups is 1. The van der Waals surface area contributed by atoms with Gasteiger partial charge in [0.1, 0.15) is 0 Å². The fourth-order valence-electron chi connectivity index (χ4n) is 3.25. The zero-order chi connectivity index (χ0) is 19.2. The smallest absolute Gasteiger partial charge is 0.303 e. The van der Waals surface area contributed by atoms with Crippen molar-refractivity contribution in [3.8, 4) is 11.8 Å². The maximum Gasteiger partial charge on any atom is 0.303 e. The van der Waals surface area contributed by atoms with Crippen molar-refractivity contribution in [2.75, 3.05) is 0 Å². The summed E-state index contributed by atoms with van der Waals surface area (Å²) in [4.78, 5) is 10.4. The topological polar surface area (TPSA) is 103 Å². The first-order chi connectivity index (χ1) is 12.5. The van der Waals surface area contributed by atoms with Gasteiger partial charge in [-0.15, -0.1) is 4.73 Å². The number of hydrogen-bond donors (Lipinski definition) is 4. The quantitative estimate of drug-likeness (QED) is 0.236. The normalized spacial score (nSPS) is 11.1. The molecule has 26 heavy (non-hydrogen) atoms. The van der Waals surface area contributed by atoms with E-state index >= 15 is 0 Å². The molecule has 1 aromatic rings. The van der Waals surface area contributed by atoms with E-state index in [1.165, 1.54) is 57.4 Å². The van der Waals surface area contributed by atoms with Crippen LogP contribution in [-0.4, -0.2) is 31.2 Å². The van der Waals surface area contributed by atoms with E-state index in [1.807, 2.05) is 0 Å². The molecule has 1 rings (SSSR count). The molecule has 0 aliphatic heterocycles. The molecule has 4 N–H and O–H groups in total. The molecule has 0 aliphatic carbocycles. The van der Waals surface area contributed by atoms with Crippen molar-refractivity contribution in [2.24, 2.45) is 0 Å². The van der Waals surface area contributed by atoms with Crippen molar-refractivity contribution in [1.29, 1.82) is 0 Å². The van der Waals surface area contributed by atoms with Crippen molar-refractivity contribution in [2.45, 2.75) is 96.3 Å². The van der Waals surface area contributed by atoms with Gasteiger partial charge in [-0.3, -0.25) is 4.79 Å². The van der Waals surface area contributed by atoms with Crippen LogP contribution in [0.4, 0.5) is 0 Å². The third-order valence-electron chi connectivity index (χ3n) is 4.84. The number of carboxylic acids is 1. The van der Waals surface area contributed by atoms with Gasteiger partial charge in [0, 0.05) is 18.1 Å². The largest absolute Gasteiger partial charge is 0.492 e. The number of aliphatic carboxylic acids is 1. The van der Waals surface area contributed by atoms with Gasteiger partial charge in [0.25, 0.3) is 0 Å². The summed E-state index contributed by atoms with van der Waals surface area (Å²) in [7, 11) is 0. The fraction of sp³-hybridized carbons (Fsp3) is 0.750. The molecule has 150 valence electrons. The lowest BCUT2D eigenvalue weighted by molar-refractivity contribution is -0.137. The molecule has 0 spiro atoms. The fourth-order valence-corrected chi connectivity index (χ4v) is 3.25. The lowest BCUT2D eigenvalue weighted by Gasteiger charge is -2.03. The summed E-state index contributed by atoms with van der Waals surface area (Å²) in [5, 5.41) is 36.7. The Kier molecular flexibility index (Phi) is 11.4. The Morgan fingerprint density at radius 1 is 0.769 bits per heavy atom. The molecule has 0 amide bonds. The Hall–Kier alpha value is -1.85. The molecule has 6 heteroatoms. The highest BCUT2D eigenvalue weighted by atomic mass is 16.5. The molecule has 0 saturated carbocycles. The molecule has 0 fully saturated rings. The molecule has 0 unspecified atom stereocenters. The Morgan fingerprint density at radius 3 is 1.58 bits per heavy atom. The molecular weight excluding hydrogens is 334 g/mol. The Balaban J connectivity index is 1.82. The molecular formula is C20H35NO5. The van der Waals surface area contributed by atoms with Crippen molar-refractivity contribution >= 4 is 5.97 Å². The molecule has 6 nitrogen and oxygen atoms in total. The third kappa shape index (κ3) is 9.59. The number of rotatable bonds is 16. The minimum absolute atomic E-state index is 0.260. The molecule has 0 aliphatic rings. The maximum atomic E-state index is 10.4. The van der Waals surface area contributed by atoms with Crippen LogP contribution in [0, 0.1) is 0 Å². The van der Waals surface area contributed by atoms with Crippen LogP contribution in [0.2, 0.25) is 0 Å². The van der Waals surface area contributed by atoms with Crippen molar-refractivity contribution in [3.05, 3.63) is 11.6 Å². The van der Waals surface area contributed by atoms with Crippen molar-refractivity contribution < 1.29 is 25.3 Å². The highest BCUT2D eigenvalue weighted by Crippen LogP contribution is 2.27. The lowest BCUT2D eigenvalue weighted by atomic mass is 10.0. The standard InChI is InChI=1S/C20H35NO5/c22-18-16-17(20(25)21(18)26)14-12-10-8-6-4-2-1-3-5-7-9-11-13-15-19(23)24/h16,22,25-26H,1-15H2,(H,23,24). The summed E-state index contributed by atoms with van der Waals surface area (Å²) >= 11 is 0. The van der Waals surface area contributed by atoms with Gasteiger partial charge in [0.15, 0.2) is 0 Å². The van der Waals surface area contributed by atoms with Crippen LogP contribution in [0.15, 0.2) is 6.07 Å². The van der Waals surface area contributed by atoms with Gasteiger partial charge in [-0.05, 0) is 19.3 Å². The van der Waals surface area contributed by atoms with Crippen LogP contribution in [0.3, 0.4) is 0 Å². The highest BCUT2D eigenvalue weighted by Gasteiger charge is 2.12. The van der Waals surface area contributed by atoms with E-state index in [-0.39, 0.29) is 11.8 Å². The van der Waals surface area contributed by atoms with Gasteiger partial charge in [0.05, 0.1) is 0 Å². The zero-order valence-electron chi connectivity index (χ0n) is 15.8. The van der Waals surface area contributed by atoms with E-state index < -0.39 is 5.97 Å². The minimum atomic E-state index is -0.688. The van der Waals surface area contributed by atoms with Gasteiger partial charge in [-0.1, -0.05) is 70.6 Å². The predicted octanol–water partition coefficient (Wildman–Crippen LogP) is 5.23. The Bertz CT molecular complexity index is 513. The Labute approximate surface area is 156 Å². The molecule has 0 atom stereocenters. The van der Waals surface area contributed by atoms with Crippen LogP contribution in [0.1, 0.15) is 95.5 Å². The summed E-state index contributed by atoms with van der Waals surface area (Å²) < 4.78 is 0.408. The number of nitrogens with zero attached hydrogens (tertiary/aromatic N) is 1. The first-order valence-corrected chi connectivity index (χ1v) is 10.1. The summed E-state index contributed by atoms with van der Waals surface area (Å²) in [5.41, 5.74) is 0.591. The third-order valence-corrected chi connectivity index (χ3v) is 4.84. The van der Waals surface area contributed by atoms with E-state index in [1.54, 1.807) is 0 Å². The van der Waals surface area contributed by atoms with E-state index in [9.17, 15) is 20.2 Å². The average Bonchev–Trinajstić information content (AvgIpc) is 2.85. The van der Waals surface area contributed by atoms with E-state index in [4.69, 9.17) is 5.11 Å². The van der Waals surface area contributed by atoms with E-state index in [0.29, 0.717) is 23.1 Å². The minimum Gasteiger partial charge on any atom is -0.492 e. The molecule has 1 heterocycles. The molecule has 0 radical (unpaired) electrons. The summed E-state index contributed by atoms with van der Waals surface area (Å²) in [6.07, 6.45) is 16.0. The predicted molar refractivity (Wildman–Crippen MR) is 101 cm³/mol. The first-order valence-electron chi connectivity index (χ1n) is 10.1. The molecule has 0 aromatic carbocycles. The number of unbranched alkanes of at least 4 members (excludes halogenated alkanes) is 12. The summed E-state index contributed by atoms with van der Waals surface area (Å²) in [5.74, 6) is -1.27. The highest BCUT2D eigenvalue weighted by molar-refractivity contribution is 5.66. The molecule has 0 saturated heterocycles. The number of aromatic hydroxyl groups is 2. The van der Waals surface area contributed by atoms with Crippen LogP contribution >= 0.6 is 0 Å². The monoisotopic (exact) mass is 369 g/mol. The van der Waals surface area contributed by atoms with Gasteiger partial charge in [-0.2, -0.15) is 0 Å². The van der Waals surface area contributed by atoms with Crippen LogP contribution in [0.25, 0.3) is 0 Å². The molecule has 0 bridgehead atoms. The van der Waals surface area contributed by atoms with E-state index in [2.05, 4.69) is 0 Å². The van der Waals surface area contributed by atoms with Gasteiger partial charge in [-0.25, -0.2) is 0 Å². The number of aromatic nitrogens is 1. The van der Waals surface area contributed by atoms with Crippen LogP contribution < -0.4 is 0 Å². The SMILES string of the molecule is O=C(O)CCCCCCCCCCCCCCCc1cc(O)n(O)c1O. The zero-order valence-corrected chi connectivity index (χ0v) is 15.8. The second-order valence-corrected chi connectivity index (χ2v) is 7.15. The second-order valence-electron chi connectivity index (χ2n) is 7.15. The maximum absolute atomic E-state index is 10.4. The van der Waals surface area contributed by atoms with E-state index in [0.717, 1.165) is 32.1 Å². The average molecular weight is 370 g/mol. The summed E-state index contributed by atoms with van der Waals surface area (Å²) in [6, 6.07) is 1.40. The number of aryl methyl sites for hydroxylation is 1. The van der Waals surface area contributed by atoms with Gasteiger partial charge < -0.3 is 20.5 Å². The van der Waals surface area contributed by atoms with Gasteiger partial charge in [0.2, 0.25) is 11.8 Å². The number of hydrogen-bond acceptors (Lipinski definition) is 4. The van der Waals surface area contributed by atoms with Crippen molar-refractivity contribution in [1.82, 2.24) is 4.73 Å². The first kappa shape index (κ1) is 22.2. The lowest BCUT2D eigenvalue weighted by Crippen LogP contribution is -1.93.